The standard InChI is InChI=1S/C10H18N2O/c1-4-10(11-6-1)12-7-5-9-3-2-8-13-9/h9H,1-8H2,(H,11,12). The highest BCUT2D eigenvalue weighted by molar-refractivity contribution is 5.83. The summed E-state index contributed by atoms with van der Waals surface area (Å²) in [5.74, 6) is 1.21. The number of ether oxygens (including phenoxy) is 1. The number of nitrogens with one attached hydrogen (secondary N) is 1. The molecule has 1 N–H and O–H groups in total. The predicted octanol–water partition coefficient (Wildman–Crippen LogP) is 1.34. The number of amidine groups is 1. The zero-order chi connectivity index (χ0) is 8.93. The molecule has 3 heteroatoms. The van der Waals surface area contributed by atoms with Gasteiger partial charge in [0.25, 0.3) is 0 Å². The number of hydrogen-bond donors (Lipinski definition) is 1. The Morgan fingerprint density at radius 3 is 3.15 bits per heavy atom. The van der Waals surface area contributed by atoms with Crippen LogP contribution in [0.15, 0.2) is 4.99 Å². The summed E-state index contributed by atoms with van der Waals surface area (Å²) in [5, 5.41) is 3.38. The summed E-state index contributed by atoms with van der Waals surface area (Å²) in [6.07, 6.45) is 6.50. The maximum Gasteiger partial charge on any atom is 0.0963 e. The molecule has 0 radical (unpaired) electrons. The van der Waals surface area contributed by atoms with E-state index in [0.29, 0.717) is 6.10 Å². The summed E-state index contributed by atoms with van der Waals surface area (Å²) in [4.78, 5) is 4.36. The molecule has 0 aromatic carbocycles. The molecule has 1 saturated heterocycles. The lowest BCUT2D eigenvalue weighted by Gasteiger charge is -2.10. The lowest BCUT2D eigenvalue weighted by atomic mass is 10.2. The molecule has 2 heterocycles. The predicted molar refractivity (Wildman–Crippen MR) is 53.1 cm³/mol. The maximum atomic E-state index is 5.54. The molecule has 0 aromatic heterocycles. The zero-order valence-electron chi connectivity index (χ0n) is 8.09. The number of aliphatic imine (C=N–C) groups is 1. The normalized spacial score (nSPS) is 27.7. The van der Waals surface area contributed by atoms with Crippen LogP contribution in [0.5, 0.6) is 0 Å². The van der Waals surface area contributed by atoms with Crippen LogP contribution in [0.1, 0.15) is 32.1 Å². The Morgan fingerprint density at radius 1 is 1.46 bits per heavy atom. The van der Waals surface area contributed by atoms with E-state index in [0.717, 1.165) is 32.5 Å². The molecular weight excluding hydrogens is 164 g/mol. The Kier molecular flexibility index (Phi) is 3.19. The first-order chi connectivity index (χ1) is 6.45. The zero-order valence-corrected chi connectivity index (χ0v) is 8.09. The largest absolute Gasteiger partial charge is 0.378 e. The van der Waals surface area contributed by atoms with Crippen molar-refractivity contribution in [2.75, 3.05) is 19.7 Å². The minimum atomic E-state index is 0.509. The van der Waals surface area contributed by atoms with Gasteiger partial charge in [0.2, 0.25) is 0 Å². The van der Waals surface area contributed by atoms with E-state index >= 15 is 0 Å². The smallest absolute Gasteiger partial charge is 0.0963 e. The van der Waals surface area contributed by atoms with Crippen LogP contribution in [0.3, 0.4) is 0 Å². The summed E-state index contributed by atoms with van der Waals surface area (Å²) in [7, 11) is 0. The third-order valence-corrected chi connectivity index (χ3v) is 2.69. The van der Waals surface area contributed by atoms with Gasteiger partial charge in [-0.15, -0.1) is 0 Å². The fraction of sp³-hybridized carbons (Fsp3) is 0.900. The average molecular weight is 182 g/mol. The van der Waals surface area contributed by atoms with Gasteiger partial charge in [-0.3, -0.25) is 4.99 Å². The molecule has 0 aromatic rings. The fourth-order valence-corrected chi connectivity index (χ4v) is 1.93. The van der Waals surface area contributed by atoms with E-state index in [1.165, 1.54) is 25.1 Å². The Balaban J connectivity index is 1.57. The van der Waals surface area contributed by atoms with Gasteiger partial charge in [-0.1, -0.05) is 0 Å². The van der Waals surface area contributed by atoms with Crippen LogP contribution < -0.4 is 5.32 Å². The minimum Gasteiger partial charge on any atom is -0.378 e. The first-order valence-electron chi connectivity index (χ1n) is 5.34. The second kappa shape index (κ2) is 4.61. The van der Waals surface area contributed by atoms with Crippen LogP contribution in [0, 0.1) is 0 Å². The summed E-state index contributed by atoms with van der Waals surface area (Å²) in [6.45, 7) is 3.01. The Labute approximate surface area is 79.6 Å². The molecule has 0 bridgehead atoms. The third-order valence-electron chi connectivity index (χ3n) is 2.69. The van der Waals surface area contributed by atoms with E-state index in [2.05, 4.69) is 10.3 Å². The van der Waals surface area contributed by atoms with Crippen LogP contribution >= 0.6 is 0 Å². The molecule has 3 nitrogen and oxygen atoms in total. The van der Waals surface area contributed by atoms with Gasteiger partial charge >= 0.3 is 0 Å². The van der Waals surface area contributed by atoms with E-state index in [-0.39, 0.29) is 0 Å². The second-order valence-electron chi connectivity index (χ2n) is 3.78. The average Bonchev–Trinajstić information content (AvgIpc) is 2.75. The van der Waals surface area contributed by atoms with E-state index in [9.17, 15) is 0 Å². The number of nitrogens with zero attached hydrogens (tertiary/aromatic N) is 1. The van der Waals surface area contributed by atoms with Crippen molar-refractivity contribution in [1.29, 1.82) is 0 Å². The second-order valence-corrected chi connectivity index (χ2v) is 3.78. The first kappa shape index (κ1) is 9.00. The van der Waals surface area contributed by atoms with Gasteiger partial charge in [0.05, 0.1) is 11.9 Å². The number of hydrogen-bond acceptors (Lipinski definition) is 3. The van der Waals surface area contributed by atoms with Gasteiger partial charge in [0.15, 0.2) is 0 Å². The van der Waals surface area contributed by atoms with Crippen LogP contribution in [-0.4, -0.2) is 31.6 Å². The van der Waals surface area contributed by atoms with E-state index < -0.39 is 0 Å². The molecular formula is C10H18N2O. The molecule has 2 rings (SSSR count). The summed E-state index contributed by atoms with van der Waals surface area (Å²) in [5.41, 5.74) is 0. The van der Waals surface area contributed by atoms with Gasteiger partial charge in [-0.05, 0) is 25.7 Å². The van der Waals surface area contributed by atoms with Gasteiger partial charge in [0.1, 0.15) is 0 Å². The molecule has 0 amide bonds. The lowest BCUT2D eigenvalue weighted by molar-refractivity contribution is 0.105. The molecule has 1 fully saturated rings. The van der Waals surface area contributed by atoms with Crippen molar-refractivity contribution < 1.29 is 4.74 Å². The van der Waals surface area contributed by atoms with Gasteiger partial charge in [-0.2, -0.15) is 0 Å². The molecule has 1 atom stereocenters. The molecule has 0 spiro atoms. The van der Waals surface area contributed by atoms with E-state index in [1.807, 2.05) is 0 Å². The lowest BCUT2D eigenvalue weighted by Crippen LogP contribution is -2.25. The van der Waals surface area contributed by atoms with Crippen molar-refractivity contribution in [2.24, 2.45) is 4.99 Å². The van der Waals surface area contributed by atoms with Crippen LogP contribution in [0.4, 0.5) is 0 Å². The third kappa shape index (κ3) is 2.69. The highest BCUT2D eigenvalue weighted by Crippen LogP contribution is 2.14. The monoisotopic (exact) mass is 182 g/mol. The van der Waals surface area contributed by atoms with Crippen LogP contribution in [0.25, 0.3) is 0 Å². The Morgan fingerprint density at radius 2 is 2.46 bits per heavy atom. The molecule has 2 aliphatic heterocycles. The molecule has 74 valence electrons. The topological polar surface area (TPSA) is 33.6 Å². The van der Waals surface area contributed by atoms with Gasteiger partial charge in [-0.25, -0.2) is 0 Å². The highest BCUT2D eigenvalue weighted by Gasteiger charge is 2.15. The van der Waals surface area contributed by atoms with Crippen molar-refractivity contribution in [3.63, 3.8) is 0 Å². The Hall–Kier alpha value is -0.570. The SMILES string of the molecule is C1CN=C(NCCC2CCCO2)C1. The van der Waals surface area contributed by atoms with Crippen molar-refractivity contribution in [1.82, 2.24) is 5.32 Å². The van der Waals surface area contributed by atoms with Crippen molar-refractivity contribution >= 4 is 5.84 Å². The van der Waals surface area contributed by atoms with Crippen LogP contribution in [-0.2, 0) is 4.74 Å². The van der Waals surface area contributed by atoms with E-state index in [1.54, 1.807) is 0 Å². The van der Waals surface area contributed by atoms with Gasteiger partial charge < -0.3 is 10.1 Å². The molecule has 0 saturated carbocycles. The highest BCUT2D eigenvalue weighted by atomic mass is 16.5. The van der Waals surface area contributed by atoms with Crippen molar-refractivity contribution in [2.45, 2.75) is 38.2 Å². The molecule has 13 heavy (non-hydrogen) atoms. The summed E-state index contributed by atoms with van der Waals surface area (Å²) in [6, 6.07) is 0. The summed E-state index contributed by atoms with van der Waals surface area (Å²) >= 11 is 0. The van der Waals surface area contributed by atoms with Crippen LogP contribution in [0.2, 0.25) is 0 Å². The Bertz CT molecular complexity index is 185. The quantitative estimate of drug-likeness (QED) is 0.714. The summed E-state index contributed by atoms with van der Waals surface area (Å²) < 4.78 is 5.54. The molecule has 2 aliphatic rings. The first-order valence-corrected chi connectivity index (χ1v) is 5.34. The van der Waals surface area contributed by atoms with E-state index in [4.69, 9.17) is 4.74 Å². The molecule has 1 unspecified atom stereocenters. The number of rotatable bonds is 3. The van der Waals surface area contributed by atoms with Gasteiger partial charge in [0, 0.05) is 26.1 Å². The van der Waals surface area contributed by atoms with Crippen molar-refractivity contribution in [3.8, 4) is 0 Å². The fourth-order valence-electron chi connectivity index (χ4n) is 1.93. The van der Waals surface area contributed by atoms with Crippen molar-refractivity contribution in [3.05, 3.63) is 0 Å². The minimum absolute atomic E-state index is 0.509. The maximum absolute atomic E-state index is 5.54. The molecule has 0 aliphatic carbocycles.